The van der Waals surface area contributed by atoms with Crippen molar-refractivity contribution in [2.45, 2.75) is 39.5 Å². The zero-order valence-electron chi connectivity index (χ0n) is 10.5. The summed E-state index contributed by atoms with van der Waals surface area (Å²) in [6.45, 7) is 7.71. The van der Waals surface area contributed by atoms with E-state index in [1.54, 1.807) is 0 Å². The lowest BCUT2D eigenvalue weighted by Gasteiger charge is -2.22. The highest BCUT2D eigenvalue weighted by molar-refractivity contribution is 5.81. The average Bonchev–Trinajstić information content (AvgIpc) is 2.57. The maximum Gasteiger partial charge on any atom is 0.321 e. The predicted octanol–water partition coefficient (Wildman–Crippen LogP) is 2.01. The first-order chi connectivity index (χ1) is 7.85. The highest BCUT2D eigenvalue weighted by Gasteiger charge is 2.32. The van der Waals surface area contributed by atoms with Gasteiger partial charge in [0.15, 0.2) is 11.5 Å². The van der Waals surface area contributed by atoms with Gasteiger partial charge in [-0.05, 0) is 45.4 Å². The largest absolute Gasteiger partial charge is 0.442 e. The quantitative estimate of drug-likeness (QED) is 0.810. The molecule has 1 amide bonds. The summed E-state index contributed by atoms with van der Waals surface area (Å²) in [5, 5.41) is 2.82. The molecule has 0 fully saturated rings. The zero-order chi connectivity index (χ0) is 12.6. The van der Waals surface area contributed by atoms with Crippen molar-refractivity contribution in [3.63, 3.8) is 0 Å². The number of carbonyl (C=O) groups is 1. The van der Waals surface area contributed by atoms with E-state index in [2.05, 4.69) is 5.32 Å². The Labute approximate surface area is 101 Å². The van der Waals surface area contributed by atoms with Crippen LogP contribution in [-0.2, 0) is 4.79 Å². The Kier molecular flexibility index (Phi) is 2.73. The summed E-state index contributed by atoms with van der Waals surface area (Å²) in [6, 6.07) is 5.60. The van der Waals surface area contributed by atoms with Gasteiger partial charge in [0.25, 0.3) is 0 Å². The van der Waals surface area contributed by atoms with Crippen molar-refractivity contribution < 1.29 is 14.3 Å². The Bertz CT molecular complexity index is 448. The number of ether oxygens (including phenoxy) is 2. The number of fused-ring (bicyclic) bond motifs is 1. The van der Waals surface area contributed by atoms with Crippen LogP contribution in [0.1, 0.15) is 26.3 Å². The number of aryl methyl sites for hydroxylation is 1. The molecule has 1 aromatic rings. The highest BCUT2D eigenvalue weighted by Crippen LogP contribution is 2.35. The fourth-order valence-corrected chi connectivity index (χ4v) is 1.60. The van der Waals surface area contributed by atoms with Crippen molar-refractivity contribution >= 4 is 5.91 Å². The summed E-state index contributed by atoms with van der Waals surface area (Å²) >= 11 is 0. The Hall–Kier alpha value is -1.71. The second-order valence-electron chi connectivity index (χ2n) is 5.26. The fraction of sp³-hybridized carbons (Fsp3) is 0.462. The number of hydrogen-bond donors (Lipinski definition) is 1. The minimum absolute atomic E-state index is 0.258. The molecule has 4 nitrogen and oxygen atoms in total. The van der Waals surface area contributed by atoms with E-state index in [0.29, 0.717) is 11.5 Å². The van der Waals surface area contributed by atoms with Gasteiger partial charge in [-0.15, -0.1) is 0 Å². The first kappa shape index (κ1) is 11.8. The van der Waals surface area contributed by atoms with Crippen molar-refractivity contribution in [2.75, 3.05) is 0 Å². The molecular formula is C13H17NO3. The normalized spacial score (nSPS) is 18.0. The Balaban J connectivity index is 2.07. The Morgan fingerprint density at radius 1 is 1.24 bits per heavy atom. The Morgan fingerprint density at radius 2 is 1.88 bits per heavy atom. The molecule has 0 saturated heterocycles. The van der Waals surface area contributed by atoms with Crippen LogP contribution in [0, 0.1) is 6.92 Å². The molecular weight excluding hydrogens is 218 g/mol. The average molecular weight is 235 g/mol. The molecule has 1 unspecified atom stereocenters. The lowest BCUT2D eigenvalue weighted by molar-refractivity contribution is -0.138. The molecule has 0 aromatic heterocycles. The van der Waals surface area contributed by atoms with E-state index in [9.17, 15) is 4.79 Å². The number of nitrogens with one attached hydrogen (secondary N) is 1. The first-order valence-electron chi connectivity index (χ1n) is 5.61. The maximum atomic E-state index is 11.9. The van der Waals surface area contributed by atoms with Crippen molar-refractivity contribution in [2.24, 2.45) is 0 Å². The highest BCUT2D eigenvalue weighted by atomic mass is 16.7. The second kappa shape index (κ2) is 3.95. The molecule has 1 heterocycles. The first-order valence-corrected chi connectivity index (χ1v) is 5.61. The monoisotopic (exact) mass is 235 g/mol. The van der Waals surface area contributed by atoms with E-state index in [0.717, 1.165) is 5.56 Å². The van der Waals surface area contributed by atoms with Gasteiger partial charge in [0.05, 0.1) is 0 Å². The molecule has 1 aliphatic heterocycles. The lowest BCUT2D eigenvalue weighted by Crippen LogP contribution is -2.48. The Morgan fingerprint density at radius 3 is 2.53 bits per heavy atom. The third-order valence-corrected chi connectivity index (χ3v) is 2.28. The third-order valence-electron chi connectivity index (χ3n) is 2.28. The van der Waals surface area contributed by atoms with Crippen LogP contribution in [0.5, 0.6) is 11.5 Å². The molecule has 0 saturated carbocycles. The molecule has 0 spiro atoms. The minimum atomic E-state index is -0.883. The van der Waals surface area contributed by atoms with Crippen LogP contribution >= 0.6 is 0 Å². The molecule has 1 N–H and O–H groups in total. The number of benzene rings is 1. The summed E-state index contributed by atoms with van der Waals surface area (Å²) in [5.41, 5.74) is 0.776. The van der Waals surface area contributed by atoms with Gasteiger partial charge >= 0.3 is 12.2 Å². The van der Waals surface area contributed by atoms with Gasteiger partial charge < -0.3 is 14.8 Å². The van der Waals surface area contributed by atoms with Crippen molar-refractivity contribution in [3.05, 3.63) is 23.8 Å². The summed E-state index contributed by atoms with van der Waals surface area (Å²) < 4.78 is 10.9. The van der Waals surface area contributed by atoms with Crippen molar-refractivity contribution in [1.29, 1.82) is 0 Å². The van der Waals surface area contributed by atoms with E-state index in [-0.39, 0.29) is 11.4 Å². The SMILES string of the molecule is Cc1ccc2c(c1)OC(C(=O)NC(C)(C)C)O2. The van der Waals surface area contributed by atoms with Crippen LogP contribution in [0.3, 0.4) is 0 Å². The fourth-order valence-electron chi connectivity index (χ4n) is 1.60. The van der Waals surface area contributed by atoms with Gasteiger partial charge in [0.2, 0.25) is 0 Å². The lowest BCUT2D eigenvalue weighted by atomic mass is 10.1. The molecule has 1 aromatic carbocycles. The molecule has 4 heteroatoms. The van der Waals surface area contributed by atoms with Gasteiger partial charge in [-0.1, -0.05) is 6.07 Å². The minimum Gasteiger partial charge on any atom is -0.442 e. The summed E-state index contributed by atoms with van der Waals surface area (Å²) in [4.78, 5) is 11.9. The maximum absolute atomic E-state index is 11.9. The van der Waals surface area contributed by atoms with Crippen molar-refractivity contribution in [1.82, 2.24) is 5.32 Å². The van der Waals surface area contributed by atoms with Gasteiger partial charge in [0.1, 0.15) is 0 Å². The van der Waals surface area contributed by atoms with E-state index < -0.39 is 6.29 Å². The molecule has 0 bridgehead atoms. The number of rotatable bonds is 1. The van der Waals surface area contributed by atoms with E-state index in [4.69, 9.17) is 9.47 Å². The topological polar surface area (TPSA) is 47.6 Å². The smallest absolute Gasteiger partial charge is 0.321 e. The number of amides is 1. The number of carbonyl (C=O) groups excluding carboxylic acids is 1. The van der Waals surface area contributed by atoms with Crippen LogP contribution < -0.4 is 14.8 Å². The van der Waals surface area contributed by atoms with E-state index in [1.165, 1.54) is 0 Å². The van der Waals surface area contributed by atoms with Crippen LogP contribution in [0.2, 0.25) is 0 Å². The summed E-state index contributed by atoms with van der Waals surface area (Å²) in [6.07, 6.45) is -0.883. The molecule has 17 heavy (non-hydrogen) atoms. The zero-order valence-corrected chi connectivity index (χ0v) is 10.5. The van der Waals surface area contributed by atoms with Crippen molar-refractivity contribution in [3.8, 4) is 11.5 Å². The molecule has 0 radical (unpaired) electrons. The second-order valence-corrected chi connectivity index (χ2v) is 5.26. The molecule has 1 atom stereocenters. The molecule has 1 aliphatic rings. The van der Waals surface area contributed by atoms with Gasteiger partial charge in [0, 0.05) is 5.54 Å². The van der Waals surface area contributed by atoms with Crippen LogP contribution in [0.15, 0.2) is 18.2 Å². The van der Waals surface area contributed by atoms with Crippen LogP contribution in [-0.4, -0.2) is 17.7 Å². The molecule has 0 aliphatic carbocycles. The predicted molar refractivity (Wildman–Crippen MR) is 64.1 cm³/mol. The molecule has 92 valence electrons. The van der Waals surface area contributed by atoms with E-state index >= 15 is 0 Å². The van der Waals surface area contributed by atoms with Crippen LogP contribution in [0.25, 0.3) is 0 Å². The van der Waals surface area contributed by atoms with Gasteiger partial charge in [-0.3, -0.25) is 4.79 Å². The van der Waals surface area contributed by atoms with Gasteiger partial charge in [-0.2, -0.15) is 0 Å². The van der Waals surface area contributed by atoms with Gasteiger partial charge in [-0.25, -0.2) is 0 Å². The molecule has 2 rings (SSSR count). The third kappa shape index (κ3) is 2.70. The summed E-state index contributed by atoms with van der Waals surface area (Å²) in [5.74, 6) is 0.982. The van der Waals surface area contributed by atoms with Crippen LogP contribution in [0.4, 0.5) is 0 Å². The standard InChI is InChI=1S/C13H17NO3/c1-8-5-6-9-10(7-8)17-12(16-9)11(15)14-13(2,3)4/h5-7,12H,1-4H3,(H,14,15). The summed E-state index contributed by atoms with van der Waals surface area (Å²) in [7, 11) is 0. The van der Waals surface area contributed by atoms with E-state index in [1.807, 2.05) is 45.9 Å². The number of hydrogen-bond acceptors (Lipinski definition) is 3.